The third-order valence-electron chi connectivity index (χ3n) is 4.79. The van der Waals surface area contributed by atoms with E-state index in [2.05, 4.69) is 19.7 Å². The predicted molar refractivity (Wildman–Crippen MR) is 71.3 cm³/mol. The van der Waals surface area contributed by atoms with Gasteiger partial charge in [-0.1, -0.05) is 6.42 Å². The van der Waals surface area contributed by atoms with Gasteiger partial charge in [0, 0.05) is 19.6 Å². The van der Waals surface area contributed by atoms with E-state index in [1.54, 1.807) is 6.33 Å². The van der Waals surface area contributed by atoms with E-state index in [0.717, 1.165) is 57.7 Å². The smallest absolute Gasteiger partial charge is 0.147 e. The van der Waals surface area contributed by atoms with Gasteiger partial charge in [-0.25, -0.2) is 0 Å². The standard InChI is InChI=1S/C13H23N5O/c14-9-13(19)4-1-2-11(13)3-5-17-6-7-18-10-15-16-12(18)8-17/h10-11,19H,1-9,14H2. The average molecular weight is 265 g/mol. The Bertz CT molecular complexity index is 434. The van der Waals surface area contributed by atoms with E-state index < -0.39 is 5.60 Å². The van der Waals surface area contributed by atoms with Crippen LogP contribution >= 0.6 is 0 Å². The van der Waals surface area contributed by atoms with Crippen LogP contribution in [0.2, 0.25) is 0 Å². The molecule has 2 aliphatic rings. The highest BCUT2D eigenvalue weighted by atomic mass is 16.3. The average Bonchev–Trinajstić information content (AvgIpc) is 3.03. The Morgan fingerprint density at radius 3 is 3.21 bits per heavy atom. The first-order valence-electron chi connectivity index (χ1n) is 7.23. The summed E-state index contributed by atoms with van der Waals surface area (Å²) in [5.74, 6) is 1.41. The van der Waals surface area contributed by atoms with Crippen molar-refractivity contribution in [2.45, 2.75) is 44.4 Å². The fourth-order valence-electron chi connectivity index (χ4n) is 3.45. The molecule has 0 aromatic carbocycles. The molecule has 0 amide bonds. The maximum atomic E-state index is 10.4. The van der Waals surface area contributed by atoms with Crippen molar-refractivity contribution in [1.29, 1.82) is 0 Å². The van der Waals surface area contributed by atoms with E-state index >= 15 is 0 Å². The molecule has 1 aliphatic heterocycles. The van der Waals surface area contributed by atoms with Crippen molar-refractivity contribution in [1.82, 2.24) is 19.7 Å². The number of hydrogen-bond donors (Lipinski definition) is 2. The number of rotatable bonds is 4. The van der Waals surface area contributed by atoms with Gasteiger partial charge in [0.25, 0.3) is 0 Å². The molecule has 0 spiro atoms. The Kier molecular flexibility index (Phi) is 3.56. The Morgan fingerprint density at radius 2 is 2.37 bits per heavy atom. The van der Waals surface area contributed by atoms with E-state index in [0.29, 0.717) is 12.5 Å². The first kappa shape index (κ1) is 13.0. The predicted octanol–water partition coefficient (Wildman–Crippen LogP) is -0.0263. The minimum Gasteiger partial charge on any atom is -0.388 e. The van der Waals surface area contributed by atoms with Crippen molar-refractivity contribution in [3.8, 4) is 0 Å². The molecule has 6 nitrogen and oxygen atoms in total. The van der Waals surface area contributed by atoms with Gasteiger partial charge in [0.15, 0.2) is 0 Å². The van der Waals surface area contributed by atoms with E-state index in [-0.39, 0.29) is 0 Å². The molecule has 1 aromatic rings. The zero-order valence-corrected chi connectivity index (χ0v) is 11.3. The SMILES string of the molecule is NCC1(O)CCCC1CCN1CCn2cnnc2C1. The third kappa shape index (κ3) is 2.52. The number of nitrogens with zero attached hydrogens (tertiary/aromatic N) is 4. The topological polar surface area (TPSA) is 80.2 Å². The Morgan fingerprint density at radius 1 is 1.47 bits per heavy atom. The molecule has 6 heteroatoms. The molecule has 2 heterocycles. The third-order valence-corrected chi connectivity index (χ3v) is 4.79. The van der Waals surface area contributed by atoms with Crippen LogP contribution in [0.4, 0.5) is 0 Å². The van der Waals surface area contributed by atoms with Crippen LogP contribution in [0.1, 0.15) is 31.5 Å². The number of aromatic nitrogens is 3. The minimum absolute atomic E-state index is 0.359. The molecule has 0 saturated heterocycles. The van der Waals surface area contributed by atoms with Crippen molar-refractivity contribution >= 4 is 0 Å². The van der Waals surface area contributed by atoms with Gasteiger partial charge in [-0.05, 0) is 31.7 Å². The zero-order valence-electron chi connectivity index (χ0n) is 11.3. The summed E-state index contributed by atoms with van der Waals surface area (Å²) >= 11 is 0. The van der Waals surface area contributed by atoms with Crippen molar-refractivity contribution in [3.05, 3.63) is 12.2 Å². The molecule has 1 saturated carbocycles. The molecule has 106 valence electrons. The van der Waals surface area contributed by atoms with E-state index in [1.807, 2.05) is 0 Å². The van der Waals surface area contributed by atoms with Crippen molar-refractivity contribution in [2.75, 3.05) is 19.6 Å². The summed E-state index contributed by atoms with van der Waals surface area (Å²) < 4.78 is 2.11. The molecule has 0 bridgehead atoms. The summed E-state index contributed by atoms with van der Waals surface area (Å²) in [5, 5.41) is 18.5. The molecule has 0 radical (unpaired) electrons. The molecular weight excluding hydrogens is 242 g/mol. The number of hydrogen-bond acceptors (Lipinski definition) is 5. The molecule has 2 unspecified atom stereocenters. The van der Waals surface area contributed by atoms with Gasteiger partial charge in [0.1, 0.15) is 12.2 Å². The van der Waals surface area contributed by atoms with Gasteiger partial charge in [-0.2, -0.15) is 0 Å². The van der Waals surface area contributed by atoms with Gasteiger partial charge < -0.3 is 15.4 Å². The summed E-state index contributed by atoms with van der Waals surface area (Å²) in [4.78, 5) is 2.40. The maximum absolute atomic E-state index is 10.4. The van der Waals surface area contributed by atoms with Crippen LogP contribution in [0.5, 0.6) is 0 Å². The van der Waals surface area contributed by atoms with Crippen LogP contribution in [0.3, 0.4) is 0 Å². The minimum atomic E-state index is -0.615. The highest BCUT2D eigenvalue weighted by molar-refractivity contribution is 4.94. The number of fused-ring (bicyclic) bond motifs is 1. The summed E-state index contributed by atoms with van der Waals surface area (Å²) in [6.45, 7) is 4.28. The lowest BCUT2D eigenvalue weighted by Crippen LogP contribution is -2.43. The Labute approximate surface area is 113 Å². The van der Waals surface area contributed by atoms with Crippen LogP contribution in [-0.4, -0.2) is 50.0 Å². The lowest BCUT2D eigenvalue weighted by molar-refractivity contribution is 0.00360. The second kappa shape index (κ2) is 5.19. The second-order valence-corrected chi connectivity index (χ2v) is 5.90. The monoisotopic (exact) mass is 265 g/mol. The molecular formula is C13H23N5O. The van der Waals surface area contributed by atoms with E-state index in [4.69, 9.17) is 5.73 Å². The lowest BCUT2D eigenvalue weighted by atomic mass is 9.88. The first-order valence-corrected chi connectivity index (χ1v) is 7.23. The van der Waals surface area contributed by atoms with Crippen molar-refractivity contribution < 1.29 is 5.11 Å². The van der Waals surface area contributed by atoms with Gasteiger partial charge in [0.2, 0.25) is 0 Å². The van der Waals surface area contributed by atoms with Crippen LogP contribution < -0.4 is 5.73 Å². The highest BCUT2D eigenvalue weighted by Crippen LogP contribution is 2.37. The van der Waals surface area contributed by atoms with Gasteiger partial charge >= 0.3 is 0 Å². The van der Waals surface area contributed by atoms with Crippen molar-refractivity contribution in [2.24, 2.45) is 11.7 Å². The van der Waals surface area contributed by atoms with Crippen LogP contribution in [0.25, 0.3) is 0 Å². The molecule has 1 fully saturated rings. The van der Waals surface area contributed by atoms with Gasteiger partial charge in [-0.3, -0.25) is 4.90 Å². The molecule has 1 aliphatic carbocycles. The fourth-order valence-corrected chi connectivity index (χ4v) is 3.45. The quantitative estimate of drug-likeness (QED) is 0.799. The van der Waals surface area contributed by atoms with E-state index in [1.165, 1.54) is 0 Å². The Balaban J connectivity index is 1.53. The molecule has 3 rings (SSSR count). The summed E-state index contributed by atoms with van der Waals surface area (Å²) in [6.07, 6.45) is 5.91. The normalized spacial score (nSPS) is 31.6. The van der Waals surface area contributed by atoms with Crippen LogP contribution in [0, 0.1) is 5.92 Å². The summed E-state index contributed by atoms with van der Waals surface area (Å²) in [5.41, 5.74) is 5.12. The summed E-state index contributed by atoms with van der Waals surface area (Å²) in [6, 6.07) is 0. The van der Waals surface area contributed by atoms with Crippen LogP contribution in [-0.2, 0) is 13.1 Å². The maximum Gasteiger partial charge on any atom is 0.147 e. The molecule has 1 aromatic heterocycles. The summed E-state index contributed by atoms with van der Waals surface area (Å²) in [7, 11) is 0. The Hall–Kier alpha value is -0.980. The second-order valence-electron chi connectivity index (χ2n) is 5.90. The lowest BCUT2D eigenvalue weighted by Gasteiger charge is -2.32. The zero-order chi connectivity index (χ0) is 13.3. The van der Waals surface area contributed by atoms with Crippen LogP contribution in [0.15, 0.2) is 6.33 Å². The molecule has 3 N–H and O–H groups in total. The first-order chi connectivity index (χ1) is 9.21. The molecule has 2 atom stereocenters. The fraction of sp³-hybridized carbons (Fsp3) is 0.846. The van der Waals surface area contributed by atoms with Crippen molar-refractivity contribution in [3.63, 3.8) is 0 Å². The highest BCUT2D eigenvalue weighted by Gasteiger charge is 2.39. The number of aliphatic hydroxyl groups is 1. The van der Waals surface area contributed by atoms with Gasteiger partial charge in [0.05, 0.1) is 12.1 Å². The van der Waals surface area contributed by atoms with Gasteiger partial charge in [-0.15, -0.1) is 10.2 Å². The van der Waals surface area contributed by atoms with E-state index in [9.17, 15) is 5.11 Å². The largest absolute Gasteiger partial charge is 0.388 e. The number of nitrogens with two attached hydrogens (primary N) is 1. The molecule has 19 heavy (non-hydrogen) atoms.